The van der Waals surface area contributed by atoms with Gasteiger partial charge in [-0.05, 0) is 48.2 Å². The predicted octanol–water partition coefficient (Wildman–Crippen LogP) is 6.82. The van der Waals surface area contributed by atoms with Crippen molar-refractivity contribution in [3.05, 3.63) is 118 Å². The Hall–Kier alpha value is -4.43. The summed E-state index contributed by atoms with van der Waals surface area (Å²) in [7, 11) is 0. The minimum atomic E-state index is -0.835. The van der Waals surface area contributed by atoms with E-state index in [1.165, 1.54) is 12.3 Å². The highest BCUT2D eigenvalue weighted by molar-refractivity contribution is 6.32. The molecule has 0 spiro atoms. The third-order valence-electron chi connectivity index (χ3n) is 7.56. The molecule has 6 nitrogen and oxygen atoms in total. The average molecular weight is 572 g/mol. The van der Waals surface area contributed by atoms with Gasteiger partial charge >= 0.3 is 0 Å². The van der Waals surface area contributed by atoms with Gasteiger partial charge in [-0.1, -0.05) is 54.4 Å². The summed E-state index contributed by atoms with van der Waals surface area (Å²) >= 11 is 5.89. The van der Waals surface area contributed by atoms with Crippen molar-refractivity contribution in [2.75, 3.05) is 0 Å². The summed E-state index contributed by atoms with van der Waals surface area (Å²) < 4.78 is 29.1. The second-order valence-electron chi connectivity index (χ2n) is 10.2. The number of nitrogens with one attached hydrogen (secondary N) is 1. The summed E-state index contributed by atoms with van der Waals surface area (Å²) in [6.45, 7) is 0. The molecule has 0 saturated carbocycles. The summed E-state index contributed by atoms with van der Waals surface area (Å²) in [5.74, 6) is -3.07. The van der Waals surface area contributed by atoms with E-state index in [0.29, 0.717) is 29.8 Å². The number of hydrogen-bond acceptors (Lipinski definition) is 4. The van der Waals surface area contributed by atoms with Gasteiger partial charge in [0.25, 0.3) is 5.91 Å². The number of halogens is 3. The van der Waals surface area contributed by atoms with Crippen molar-refractivity contribution in [1.82, 2.24) is 10.3 Å². The van der Waals surface area contributed by atoms with Crippen molar-refractivity contribution >= 4 is 34.7 Å². The van der Waals surface area contributed by atoms with Gasteiger partial charge in [0, 0.05) is 47.1 Å². The second kappa shape index (κ2) is 10.9. The SMILES string of the molecule is O=C1CCCCC(c2ccc(-c3c(F)ccc(Cl)c3F)cn2)c2cccc(c2)C2=CC3C(O)=CC(=O)NC3=CC2=N1. The number of carbonyl (C=O) groups is 2. The number of hydrogen-bond donors (Lipinski definition) is 2. The maximum absolute atomic E-state index is 14.6. The van der Waals surface area contributed by atoms with E-state index in [2.05, 4.69) is 15.3 Å². The van der Waals surface area contributed by atoms with E-state index >= 15 is 0 Å². The fraction of sp³-hybridized carbons (Fsp3) is 0.188. The van der Waals surface area contributed by atoms with Crippen LogP contribution in [-0.2, 0) is 9.59 Å². The molecule has 0 radical (unpaired) electrons. The molecular formula is C32H24ClF2N3O3. The zero-order chi connectivity index (χ0) is 28.7. The molecule has 3 aromatic rings. The summed E-state index contributed by atoms with van der Waals surface area (Å²) in [5.41, 5.74) is 4.08. The highest BCUT2D eigenvalue weighted by atomic mass is 35.5. The first-order valence-corrected chi connectivity index (χ1v) is 13.6. The Labute approximate surface area is 239 Å². The maximum atomic E-state index is 14.6. The van der Waals surface area contributed by atoms with Crippen LogP contribution in [0.1, 0.15) is 48.4 Å². The molecule has 2 unspecified atom stereocenters. The van der Waals surface area contributed by atoms with E-state index in [1.807, 2.05) is 24.3 Å². The minimum Gasteiger partial charge on any atom is -0.511 e. The molecule has 2 amide bonds. The van der Waals surface area contributed by atoms with Crippen LogP contribution in [0, 0.1) is 17.6 Å². The Balaban J connectivity index is 1.41. The number of nitrogens with zero attached hydrogens (tertiary/aromatic N) is 2. The molecule has 2 atom stereocenters. The number of rotatable bonds is 2. The number of benzene rings is 2. The number of aromatic nitrogens is 1. The molecule has 1 aromatic heterocycles. The monoisotopic (exact) mass is 571 g/mol. The van der Waals surface area contributed by atoms with Crippen molar-refractivity contribution in [3.8, 4) is 11.1 Å². The van der Waals surface area contributed by atoms with Gasteiger partial charge in [-0.3, -0.25) is 14.6 Å². The van der Waals surface area contributed by atoms with E-state index in [1.54, 1.807) is 24.3 Å². The van der Waals surface area contributed by atoms with Gasteiger partial charge in [0.15, 0.2) is 5.82 Å². The van der Waals surface area contributed by atoms with Crippen LogP contribution in [0.3, 0.4) is 0 Å². The van der Waals surface area contributed by atoms with E-state index < -0.39 is 23.5 Å². The molecule has 9 heteroatoms. The average Bonchev–Trinajstić information content (AvgIpc) is 2.95. The largest absolute Gasteiger partial charge is 0.511 e. The molecule has 41 heavy (non-hydrogen) atoms. The molecule has 2 N–H and O–H groups in total. The zero-order valence-corrected chi connectivity index (χ0v) is 22.5. The lowest BCUT2D eigenvalue weighted by Gasteiger charge is -2.27. The molecule has 2 bridgehead atoms. The highest BCUT2D eigenvalue weighted by Gasteiger charge is 2.30. The molecule has 6 rings (SSSR count). The van der Waals surface area contributed by atoms with Crippen LogP contribution >= 0.6 is 11.6 Å². The van der Waals surface area contributed by atoms with Gasteiger partial charge in [0.1, 0.15) is 11.6 Å². The summed E-state index contributed by atoms with van der Waals surface area (Å²) in [4.78, 5) is 33.7. The molecule has 3 aliphatic rings. The fourth-order valence-corrected chi connectivity index (χ4v) is 5.69. The van der Waals surface area contributed by atoms with E-state index in [-0.39, 0.29) is 40.2 Å². The molecule has 2 aromatic carbocycles. The van der Waals surface area contributed by atoms with Gasteiger partial charge in [-0.25, -0.2) is 13.8 Å². The topological polar surface area (TPSA) is 91.6 Å². The first-order chi connectivity index (χ1) is 19.8. The first-order valence-electron chi connectivity index (χ1n) is 13.3. The van der Waals surface area contributed by atoms with E-state index in [9.17, 15) is 23.5 Å². The molecule has 0 fully saturated rings. The number of aliphatic hydroxyl groups is 1. The van der Waals surface area contributed by atoms with E-state index in [0.717, 1.165) is 35.4 Å². The number of aliphatic hydroxyl groups excluding tert-OH is 1. The van der Waals surface area contributed by atoms with Crippen LogP contribution in [0.25, 0.3) is 16.7 Å². The molecular weight excluding hydrogens is 548 g/mol. The van der Waals surface area contributed by atoms with Gasteiger partial charge in [-0.2, -0.15) is 0 Å². The highest BCUT2D eigenvalue weighted by Crippen LogP contribution is 2.37. The fourth-order valence-electron chi connectivity index (χ4n) is 5.53. The summed E-state index contributed by atoms with van der Waals surface area (Å²) in [5, 5.41) is 13.1. The third-order valence-corrected chi connectivity index (χ3v) is 7.85. The van der Waals surface area contributed by atoms with Crippen molar-refractivity contribution in [2.45, 2.75) is 31.6 Å². The lowest BCUT2D eigenvalue weighted by atomic mass is 9.83. The summed E-state index contributed by atoms with van der Waals surface area (Å²) in [6.07, 6.45) is 8.32. The number of allylic oxidation sites excluding steroid dienone is 2. The van der Waals surface area contributed by atoms with Crippen LogP contribution in [0.15, 0.2) is 89.4 Å². The Morgan fingerprint density at radius 1 is 1.00 bits per heavy atom. The predicted molar refractivity (Wildman–Crippen MR) is 152 cm³/mol. The zero-order valence-electron chi connectivity index (χ0n) is 21.7. The maximum Gasteiger partial charge on any atom is 0.251 e. The summed E-state index contributed by atoms with van der Waals surface area (Å²) in [6, 6.07) is 13.5. The van der Waals surface area contributed by atoms with Crippen LogP contribution in [-0.4, -0.2) is 27.6 Å². The number of fused-ring (bicyclic) bond motifs is 5. The second-order valence-corrected chi connectivity index (χ2v) is 10.6. The molecule has 2 aliphatic heterocycles. The molecule has 3 heterocycles. The Morgan fingerprint density at radius 2 is 1.85 bits per heavy atom. The Morgan fingerprint density at radius 3 is 2.66 bits per heavy atom. The van der Waals surface area contributed by atoms with Crippen molar-refractivity contribution in [2.24, 2.45) is 10.9 Å². The standard InChI is InChI=1S/C32H24ClF2N3O3/c33-23-9-10-24(34)31(32(23)35)19-8-11-25(36-16-19)20-6-1-2-7-29(40)37-26-14-27-22(28(39)15-30(41)38-27)13-21(26)18-5-3-4-17(20)12-18/h3-5,8-16,20,22,39H,1-2,6-7H2,(H,38,41). The minimum absolute atomic E-state index is 0.0881. The van der Waals surface area contributed by atoms with Crippen LogP contribution in [0.4, 0.5) is 8.78 Å². The van der Waals surface area contributed by atoms with Crippen LogP contribution < -0.4 is 5.32 Å². The third kappa shape index (κ3) is 5.23. The molecule has 1 aliphatic carbocycles. The Bertz CT molecular complexity index is 1710. The van der Waals surface area contributed by atoms with Crippen LogP contribution in [0.2, 0.25) is 5.02 Å². The molecule has 206 valence electrons. The quantitative estimate of drug-likeness (QED) is 0.330. The lowest BCUT2D eigenvalue weighted by molar-refractivity contribution is -0.118. The number of aliphatic imine (C=N–C) groups is 1. The number of pyridine rings is 1. The normalized spacial score (nSPS) is 20.7. The first kappa shape index (κ1) is 26.8. The van der Waals surface area contributed by atoms with Gasteiger partial charge in [0.2, 0.25) is 5.91 Å². The van der Waals surface area contributed by atoms with Crippen molar-refractivity contribution < 1.29 is 23.5 Å². The smallest absolute Gasteiger partial charge is 0.251 e. The molecule has 0 saturated heterocycles. The lowest BCUT2D eigenvalue weighted by Crippen LogP contribution is -2.34. The Kier molecular flexibility index (Phi) is 7.09. The number of amides is 2. The number of carbonyl (C=O) groups excluding carboxylic acids is 2. The van der Waals surface area contributed by atoms with Crippen LogP contribution in [0.5, 0.6) is 0 Å². The van der Waals surface area contributed by atoms with Crippen molar-refractivity contribution in [3.63, 3.8) is 0 Å². The van der Waals surface area contributed by atoms with E-state index in [4.69, 9.17) is 11.6 Å². The van der Waals surface area contributed by atoms with Gasteiger partial charge in [-0.15, -0.1) is 0 Å². The van der Waals surface area contributed by atoms with Gasteiger partial charge in [0.05, 0.1) is 22.2 Å². The van der Waals surface area contributed by atoms with Crippen molar-refractivity contribution in [1.29, 1.82) is 0 Å². The van der Waals surface area contributed by atoms with Gasteiger partial charge < -0.3 is 10.4 Å².